The zero-order valence-corrected chi connectivity index (χ0v) is 15.5. The van der Waals surface area contributed by atoms with Gasteiger partial charge in [-0.1, -0.05) is 0 Å². The van der Waals surface area contributed by atoms with Gasteiger partial charge in [-0.05, 0) is 49.6 Å². The second-order valence-electron chi connectivity index (χ2n) is 7.20. The van der Waals surface area contributed by atoms with E-state index in [1.54, 1.807) is 17.7 Å². The van der Waals surface area contributed by atoms with Crippen molar-refractivity contribution in [1.82, 2.24) is 14.5 Å². The number of hydrogen-bond acceptors (Lipinski definition) is 5. The summed E-state index contributed by atoms with van der Waals surface area (Å²) in [5.74, 6) is 0.248. The Balaban J connectivity index is 1.95. The Morgan fingerprint density at radius 1 is 1.43 bits per heavy atom. The summed E-state index contributed by atoms with van der Waals surface area (Å²) in [5, 5.41) is 10.3. The summed E-state index contributed by atoms with van der Waals surface area (Å²) in [4.78, 5) is 22.2. The minimum Gasteiger partial charge on any atom is -0.356 e. The topological polar surface area (TPSA) is 104 Å². The molecule has 1 aromatic carbocycles. The number of piperidine rings is 1. The summed E-state index contributed by atoms with van der Waals surface area (Å²) in [7, 11) is 0. The van der Waals surface area contributed by atoms with Crippen LogP contribution in [0.15, 0.2) is 35.3 Å². The van der Waals surface area contributed by atoms with E-state index in [1.807, 2.05) is 6.07 Å². The Morgan fingerprint density at radius 2 is 2.25 bits per heavy atom. The molecule has 7 nitrogen and oxygen atoms in total. The molecule has 1 aliphatic rings. The molecule has 3 aromatic rings. The zero-order valence-electron chi connectivity index (χ0n) is 15.5. The van der Waals surface area contributed by atoms with Gasteiger partial charge in [-0.2, -0.15) is 10.2 Å². The van der Waals surface area contributed by atoms with Gasteiger partial charge < -0.3 is 15.6 Å². The quantitative estimate of drug-likeness (QED) is 0.725. The number of hydrogen-bond donors (Lipinski definition) is 2. The number of anilines is 1. The van der Waals surface area contributed by atoms with E-state index >= 15 is 0 Å². The van der Waals surface area contributed by atoms with Gasteiger partial charge >= 0.3 is 5.69 Å². The van der Waals surface area contributed by atoms with Gasteiger partial charge in [0.1, 0.15) is 17.3 Å². The van der Waals surface area contributed by atoms with E-state index in [2.05, 4.69) is 20.9 Å². The molecule has 0 amide bonds. The number of nitrogens with one attached hydrogen (secondary N) is 1. The van der Waals surface area contributed by atoms with E-state index in [1.165, 1.54) is 18.2 Å². The molecule has 144 valence electrons. The fourth-order valence-corrected chi connectivity index (χ4v) is 4.00. The molecule has 2 aromatic heterocycles. The molecule has 1 saturated heterocycles. The summed E-state index contributed by atoms with van der Waals surface area (Å²) in [6.45, 7) is 3.16. The maximum Gasteiger partial charge on any atom is 0.351 e. The molecular formula is C20H21FN6O. The van der Waals surface area contributed by atoms with E-state index in [-0.39, 0.29) is 6.04 Å². The summed E-state index contributed by atoms with van der Waals surface area (Å²) in [5.41, 5.74) is 7.00. The zero-order chi connectivity index (χ0) is 19.8. The molecule has 0 saturated carbocycles. The molecule has 0 bridgehead atoms. The number of nitrogens with two attached hydrogens (primary N) is 1. The largest absolute Gasteiger partial charge is 0.356 e. The lowest BCUT2D eigenvalue weighted by atomic mass is 10.0. The summed E-state index contributed by atoms with van der Waals surface area (Å²) < 4.78 is 15.5. The molecule has 8 heteroatoms. The van der Waals surface area contributed by atoms with Gasteiger partial charge in [0.25, 0.3) is 0 Å². The van der Waals surface area contributed by atoms with Crippen LogP contribution in [-0.2, 0) is 0 Å². The van der Waals surface area contributed by atoms with Crippen molar-refractivity contribution in [2.75, 3.05) is 18.0 Å². The van der Waals surface area contributed by atoms with E-state index in [4.69, 9.17) is 5.73 Å². The number of benzene rings is 1. The minimum absolute atomic E-state index is 0.0126. The minimum atomic E-state index is -0.571. The standard InChI is InChI=1S/C20H21FN6O/c1-12(17-9-14(21)5-4-13(17)10-22)27-19(26-8-2-3-15(23)11-26)16-6-7-24-18(16)25-20(27)28/h4-7,9,12,15H,2-3,8,11,23H2,1H3,(H,24,25,28)/t12?,15-/m1/s1. The van der Waals surface area contributed by atoms with Crippen LogP contribution >= 0.6 is 0 Å². The van der Waals surface area contributed by atoms with Gasteiger partial charge in [0, 0.05) is 25.3 Å². The van der Waals surface area contributed by atoms with Gasteiger partial charge in [0.2, 0.25) is 0 Å². The van der Waals surface area contributed by atoms with Crippen LogP contribution in [0, 0.1) is 17.1 Å². The van der Waals surface area contributed by atoms with E-state index in [9.17, 15) is 14.4 Å². The first-order chi connectivity index (χ1) is 13.5. The summed E-state index contributed by atoms with van der Waals surface area (Å²) >= 11 is 0. The summed E-state index contributed by atoms with van der Waals surface area (Å²) in [6, 6.07) is 7.39. The predicted octanol–water partition coefficient (Wildman–Crippen LogP) is 2.27. The van der Waals surface area contributed by atoms with Crippen molar-refractivity contribution in [3.8, 4) is 6.07 Å². The Kier molecular flexibility index (Phi) is 4.61. The van der Waals surface area contributed by atoms with Crippen LogP contribution in [0.4, 0.5) is 10.2 Å². The number of halogens is 1. The number of fused-ring (bicyclic) bond motifs is 1. The third-order valence-corrected chi connectivity index (χ3v) is 5.34. The molecule has 4 rings (SSSR count). The van der Waals surface area contributed by atoms with Gasteiger partial charge in [-0.3, -0.25) is 4.57 Å². The molecule has 1 aliphatic heterocycles. The molecule has 3 N–H and O–H groups in total. The van der Waals surface area contributed by atoms with Crippen LogP contribution in [0.3, 0.4) is 0 Å². The molecule has 0 aliphatic carbocycles. The van der Waals surface area contributed by atoms with Crippen LogP contribution < -0.4 is 16.3 Å². The third kappa shape index (κ3) is 3.04. The van der Waals surface area contributed by atoms with Crippen LogP contribution in [0.25, 0.3) is 11.0 Å². The Bertz CT molecular complexity index is 1130. The Morgan fingerprint density at radius 3 is 3.00 bits per heavy atom. The molecular weight excluding hydrogens is 359 g/mol. The van der Waals surface area contributed by atoms with Gasteiger partial charge in [0.15, 0.2) is 0 Å². The molecule has 28 heavy (non-hydrogen) atoms. The smallest absolute Gasteiger partial charge is 0.351 e. The first kappa shape index (κ1) is 18.2. The van der Waals surface area contributed by atoms with Crippen molar-refractivity contribution in [1.29, 1.82) is 5.26 Å². The first-order valence-corrected chi connectivity index (χ1v) is 9.29. The van der Waals surface area contributed by atoms with Crippen molar-refractivity contribution in [2.45, 2.75) is 31.8 Å². The average molecular weight is 380 g/mol. The van der Waals surface area contributed by atoms with Crippen LogP contribution in [0.2, 0.25) is 0 Å². The highest BCUT2D eigenvalue weighted by molar-refractivity contribution is 5.88. The Hall–Kier alpha value is -3.18. The molecule has 0 spiro atoms. The van der Waals surface area contributed by atoms with Crippen LogP contribution in [0.1, 0.15) is 36.9 Å². The van der Waals surface area contributed by atoms with Gasteiger partial charge in [-0.25, -0.2) is 9.18 Å². The summed E-state index contributed by atoms with van der Waals surface area (Å²) in [6.07, 6.45) is 3.59. The molecule has 2 atom stereocenters. The SMILES string of the molecule is CC(c1cc(F)ccc1C#N)n1c(N2CCC[C@@H](N)C2)c2cc[nH]c2nc1=O. The lowest BCUT2D eigenvalue weighted by molar-refractivity contribution is 0.487. The monoisotopic (exact) mass is 380 g/mol. The fraction of sp³-hybridized carbons (Fsp3) is 0.350. The lowest BCUT2D eigenvalue weighted by Gasteiger charge is -2.35. The van der Waals surface area contributed by atoms with Crippen molar-refractivity contribution in [3.05, 3.63) is 57.9 Å². The third-order valence-electron chi connectivity index (χ3n) is 5.34. The fourth-order valence-electron chi connectivity index (χ4n) is 4.00. The number of H-pyrrole nitrogens is 1. The molecule has 3 heterocycles. The molecule has 1 unspecified atom stereocenters. The number of nitriles is 1. The second-order valence-corrected chi connectivity index (χ2v) is 7.20. The first-order valence-electron chi connectivity index (χ1n) is 9.29. The van der Waals surface area contributed by atoms with E-state index in [0.717, 1.165) is 24.8 Å². The maximum atomic E-state index is 13.9. The molecule has 0 radical (unpaired) electrons. The highest BCUT2D eigenvalue weighted by atomic mass is 19.1. The average Bonchev–Trinajstić information content (AvgIpc) is 3.14. The molecule has 1 fully saturated rings. The van der Waals surface area contributed by atoms with Crippen molar-refractivity contribution in [3.63, 3.8) is 0 Å². The van der Waals surface area contributed by atoms with Gasteiger partial charge in [-0.15, -0.1) is 0 Å². The predicted molar refractivity (Wildman–Crippen MR) is 105 cm³/mol. The van der Waals surface area contributed by atoms with E-state index in [0.29, 0.717) is 29.1 Å². The Labute approximate surface area is 161 Å². The normalized spacial score (nSPS) is 18.2. The highest BCUT2D eigenvalue weighted by Gasteiger charge is 2.27. The number of nitrogens with zero attached hydrogens (tertiary/aromatic N) is 4. The second kappa shape index (κ2) is 7.09. The number of aromatic nitrogens is 3. The number of aromatic amines is 1. The highest BCUT2D eigenvalue weighted by Crippen LogP contribution is 2.31. The van der Waals surface area contributed by atoms with Crippen LogP contribution in [0.5, 0.6) is 0 Å². The van der Waals surface area contributed by atoms with Crippen molar-refractivity contribution >= 4 is 16.9 Å². The van der Waals surface area contributed by atoms with Crippen molar-refractivity contribution < 1.29 is 4.39 Å². The van der Waals surface area contributed by atoms with Gasteiger partial charge in [0.05, 0.1) is 23.1 Å². The van der Waals surface area contributed by atoms with Crippen LogP contribution in [-0.4, -0.2) is 33.7 Å². The van der Waals surface area contributed by atoms with E-state index < -0.39 is 17.5 Å². The lowest BCUT2D eigenvalue weighted by Crippen LogP contribution is -2.45. The number of rotatable bonds is 3. The maximum absolute atomic E-state index is 13.9. The van der Waals surface area contributed by atoms with Crippen molar-refractivity contribution in [2.24, 2.45) is 5.73 Å².